The lowest BCUT2D eigenvalue weighted by Crippen LogP contribution is -2.15. The minimum absolute atomic E-state index is 0.212. The van der Waals surface area contributed by atoms with Crippen LogP contribution in [0.25, 0.3) is 0 Å². The van der Waals surface area contributed by atoms with Crippen LogP contribution in [0.2, 0.25) is 0 Å². The van der Waals surface area contributed by atoms with Crippen molar-refractivity contribution in [1.29, 1.82) is 0 Å². The van der Waals surface area contributed by atoms with Crippen molar-refractivity contribution in [1.82, 2.24) is 4.57 Å². The van der Waals surface area contributed by atoms with E-state index in [1.165, 1.54) is 0 Å². The fraction of sp³-hybridized carbons (Fsp3) is 0.333. The first-order valence-electron chi connectivity index (χ1n) is 7.61. The van der Waals surface area contributed by atoms with E-state index in [2.05, 4.69) is 20.5 Å². The van der Waals surface area contributed by atoms with E-state index >= 15 is 0 Å². The van der Waals surface area contributed by atoms with Gasteiger partial charge < -0.3 is 9.30 Å². The second kappa shape index (κ2) is 6.32. The molecule has 120 valence electrons. The third-order valence-corrected chi connectivity index (χ3v) is 4.59. The van der Waals surface area contributed by atoms with Gasteiger partial charge in [0.2, 0.25) is 0 Å². The third-order valence-electron chi connectivity index (χ3n) is 4.10. The number of aromatic nitrogens is 1. The number of carbonyl (C=O) groups is 2. The summed E-state index contributed by atoms with van der Waals surface area (Å²) in [6.45, 7) is 3.68. The number of aryl methyl sites for hydroxylation is 1. The minimum atomic E-state index is -0.437. The molecule has 1 aromatic carbocycles. The Hall–Kier alpha value is -1.88. The molecule has 0 aliphatic heterocycles. The van der Waals surface area contributed by atoms with Crippen LogP contribution in [0.4, 0.5) is 0 Å². The van der Waals surface area contributed by atoms with E-state index in [0.29, 0.717) is 17.2 Å². The molecule has 0 saturated heterocycles. The Bertz CT molecular complexity index is 775. The van der Waals surface area contributed by atoms with Crippen molar-refractivity contribution in [3.05, 3.63) is 57.3 Å². The third kappa shape index (κ3) is 3.39. The number of carbonyl (C=O) groups excluding carboxylic acids is 2. The zero-order valence-electron chi connectivity index (χ0n) is 13.1. The highest BCUT2D eigenvalue weighted by Crippen LogP contribution is 2.38. The Morgan fingerprint density at radius 3 is 2.65 bits per heavy atom. The lowest BCUT2D eigenvalue weighted by Gasteiger charge is -2.08. The Kier molecular flexibility index (Phi) is 4.39. The Labute approximate surface area is 143 Å². The summed E-state index contributed by atoms with van der Waals surface area (Å²) in [5, 5.41) is 0. The second-order valence-electron chi connectivity index (χ2n) is 5.90. The van der Waals surface area contributed by atoms with Gasteiger partial charge >= 0.3 is 5.97 Å². The average Bonchev–Trinajstić information content (AvgIpc) is 3.30. The molecule has 0 amide bonds. The number of hydrogen-bond acceptors (Lipinski definition) is 3. The van der Waals surface area contributed by atoms with Gasteiger partial charge in [-0.1, -0.05) is 28.1 Å². The fourth-order valence-electron chi connectivity index (χ4n) is 2.83. The first-order chi connectivity index (χ1) is 11.0. The van der Waals surface area contributed by atoms with Gasteiger partial charge in [-0.3, -0.25) is 4.79 Å². The maximum absolute atomic E-state index is 12.3. The van der Waals surface area contributed by atoms with Crippen LogP contribution in [0.1, 0.15) is 51.0 Å². The highest BCUT2D eigenvalue weighted by atomic mass is 79.9. The number of esters is 1. The van der Waals surface area contributed by atoms with Gasteiger partial charge in [0.05, 0.1) is 5.56 Å². The van der Waals surface area contributed by atoms with Crippen LogP contribution in [-0.2, 0) is 4.74 Å². The molecular formula is C18H18BrNO3. The molecule has 0 bridgehead atoms. The summed E-state index contributed by atoms with van der Waals surface area (Å²) in [7, 11) is 0. The van der Waals surface area contributed by atoms with Crippen molar-refractivity contribution in [3.8, 4) is 0 Å². The van der Waals surface area contributed by atoms with E-state index in [4.69, 9.17) is 4.74 Å². The number of Topliss-reactive ketones (excluding diaryl/α,β-unsaturated/α-hetero) is 1. The number of rotatable bonds is 5. The maximum atomic E-state index is 12.3. The van der Waals surface area contributed by atoms with Gasteiger partial charge in [-0.25, -0.2) is 4.79 Å². The fourth-order valence-corrected chi connectivity index (χ4v) is 3.23. The molecule has 1 saturated carbocycles. The molecule has 0 unspecified atom stereocenters. The molecule has 1 fully saturated rings. The Morgan fingerprint density at radius 2 is 2.00 bits per heavy atom. The van der Waals surface area contributed by atoms with Crippen molar-refractivity contribution >= 4 is 27.7 Å². The summed E-state index contributed by atoms with van der Waals surface area (Å²) in [4.78, 5) is 24.4. The van der Waals surface area contributed by atoms with E-state index in [-0.39, 0.29) is 12.4 Å². The van der Waals surface area contributed by atoms with E-state index in [9.17, 15) is 9.59 Å². The van der Waals surface area contributed by atoms with Crippen LogP contribution >= 0.6 is 15.9 Å². The van der Waals surface area contributed by atoms with Crippen LogP contribution in [0, 0.1) is 13.8 Å². The average molecular weight is 376 g/mol. The molecule has 0 radical (unpaired) electrons. The smallest absolute Gasteiger partial charge is 0.340 e. The first kappa shape index (κ1) is 16.0. The largest absolute Gasteiger partial charge is 0.454 e. The monoisotopic (exact) mass is 375 g/mol. The molecule has 23 heavy (non-hydrogen) atoms. The summed E-state index contributed by atoms with van der Waals surface area (Å²) in [5.41, 5.74) is 3.06. The summed E-state index contributed by atoms with van der Waals surface area (Å²) in [5.74, 6) is -0.649. The molecule has 4 nitrogen and oxygen atoms in total. The summed E-state index contributed by atoms with van der Waals surface area (Å²) in [6, 6.07) is 9.41. The van der Waals surface area contributed by atoms with Crippen molar-refractivity contribution < 1.29 is 14.3 Å². The van der Waals surface area contributed by atoms with Crippen LogP contribution in [-0.4, -0.2) is 22.9 Å². The summed E-state index contributed by atoms with van der Waals surface area (Å²) in [6.07, 6.45) is 2.32. The maximum Gasteiger partial charge on any atom is 0.340 e. The van der Waals surface area contributed by atoms with Gasteiger partial charge in [0.25, 0.3) is 0 Å². The molecule has 1 heterocycles. The van der Waals surface area contributed by atoms with E-state index < -0.39 is 5.97 Å². The molecule has 1 aliphatic carbocycles. The predicted octanol–water partition coefficient (Wildman–Crippen LogP) is 4.24. The van der Waals surface area contributed by atoms with Crippen LogP contribution in [0.15, 0.2) is 34.8 Å². The quantitative estimate of drug-likeness (QED) is 0.579. The van der Waals surface area contributed by atoms with Gasteiger partial charge in [-0.15, -0.1) is 0 Å². The number of hydrogen-bond donors (Lipinski definition) is 0. The van der Waals surface area contributed by atoms with Crippen molar-refractivity contribution in [3.63, 3.8) is 0 Å². The number of benzene rings is 1. The lowest BCUT2D eigenvalue weighted by molar-refractivity contribution is 0.0474. The normalized spacial score (nSPS) is 13.9. The van der Waals surface area contributed by atoms with Gasteiger partial charge in [0, 0.05) is 27.5 Å². The number of ether oxygens (including phenoxy) is 1. The first-order valence-corrected chi connectivity index (χ1v) is 8.41. The SMILES string of the molecule is Cc1cc(C(=O)OCC(=O)c2cccc(Br)c2)c(C)n1C1CC1. The van der Waals surface area contributed by atoms with Gasteiger partial charge in [0.1, 0.15) is 0 Å². The minimum Gasteiger partial charge on any atom is -0.454 e. The molecule has 2 aromatic rings. The van der Waals surface area contributed by atoms with E-state index in [1.54, 1.807) is 18.2 Å². The Morgan fingerprint density at radius 1 is 1.26 bits per heavy atom. The van der Waals surface area contributed by atoms with Gasteiger partial charge in [-0.2, -0.15) is 0 Å². The molecule has 1 aliphatic rings. The van der Waals surface area contributed by atoms with Gasteiger partial charge in [-0.05, 0) is 44.9 Å². The molecule has 0 spiro atoms. The van der Waals surface area contributed by atoms with Crippen molar-refractivity contribution in [2.75, 3.05) is 6.61 Å². The Balaban J connectivity index is 1.68. The molecule has 1 aromatic heterocycles. The number of halogens is 1. The van der Waals surface area contributed by atoms with Crippen molar-refractivity contribution in [2.45, 2.75) is 32.7 Å². The highest BCUT2D eigenvalue weighted by molar-refractivity contribution is 9.10. The topological polar surface area (TPSA) is 48.3 Å². The zero-order chi connectivity index (χ0) is 16.6. The predicted molar refractivity (Wildman–Crippen MR) is 90.9 cm³/mol. The zero-order valence-corrected chi connectivity index (χ0v) is 14.7. The van der Waals surface area contributed by atoms with Crippen LogP contribution < -0.4 is 0 Å². The molecule has 0 N–H and O–H groups in total. The lowest BCUT2D eigenvalue weighted by atomic mass is 10.1. The number of nitrogens with zero attached hydrogens (tertiary/aromatic N) is 1. The summed E-state index contributed by atoms with van der Waals surface area (Å²) < 4.78 is 8.23. The van der Waals surface area contributed by atoms with E-state index in [0.717, 1.165) is 28.7 Å². The number of ketones is 1. The van der Waals surface area contributed by atoms with Gasteiger partial charge in [0.15, 0.2) is 12.4 Å². The molecule has 5 heteroatoms. The van der Waals surface area contributed by atoms with Crippen molar-refractivity contribution in [2.24, 2.45) is 0 Å². The molecular weight excluding hydrogens is 358 g/mol. The van der Waals surface area contributed by atoms with Crippen LogP contribution in [0.5, 0.6) is 0 Å². The summed E-state index contributed by atoms with van der Waals surface area (Å²) >= 11 is 3.32. The van der Waals surface area contributed by atoms with E-state index in [1.807, 2.05) is 26.0 Å². The second-order valence-corrected chi connectivity index (χ2v) is 6.81. The standard InChI is InChI=1S/C18H18BrNO3/c1-11-8-16(12(2)20(11)15-6-7-15)18(22)23-10-17(21)13-4-3-5-14(19)9-13/h3-5,8-9,15H,6-7,10H2,1-2H3. The van der Waals surface area contributed by atoms with Crippen LogP contribution in [0.3, 0.4) is 0 Å². The highest BCUT2D eigenvalue weighted by Gasteiger charge is 2.28. The molecule has 3 rings (SSSR count). The molecule has 0 atom stereocenters.